The zero-order valence-corrected chi connectivity index (χ0v) is 15.3. The minimum atomic E-state index is -0.0291. The number of rotatable bonds is 6. The van der Waals surface area contributed by atoms with Gasteiger partial charge in [0.15, 0.2) is 0 Å². The first-order valence-electron chi connectivity index (χ1n) is 8.70. The third-order valence-electron chi connectivity index (χ3n) is 4.37. The van der Waals surface area contributed by atoms with Crippen LogP contribution in [0.25, 0.3) is 11.0 Å². The van der Waals surface area contributed by atoms with Crippen molar-refractivity contribution in [3.63, 3.8) is 0 Å². The van der Waals surface area contributed by atoms with Crippen molar-refractivity contribution in [1.29, 1.82) is 0 Å². The van der Waals surface area contributed by atoms with Gasteiger partial charge in [-0.05, 0) is 43.9 Å². The van der Waals surface area contributed by atoms with E-state index in [9.17, 15) is 4.79 Å². The molecule has 0 fully saturated rings. The molecule has 1 amide bonds. The van der Waals surface area contributed by atoms with E-state index in [1.165, 1.54) is 5.56 Å². The maximum Gasteiger partial charge on any atom is 0.239 e. The second-order valence-electron chi connectivity index (χ2n) is 6.86. The fraction of sp³-hybridized carbons (Fsp3) is 0.421. The van der Waals surface area contributed by atoms with Crippen LogP contribution in [0.1, 0.15) is 37.2 Å². The number of amides is 1. The van der Waals surface area contributed by atoms with Crippen molar-refractivity contribution in [2.75, 3.05) is 5.43 Å². The predicted octanol–water partition coefficient (Wildman–Crippen LogP) is 3.21. The number of fused-ring (bicyclic) bond motifs is 1. The van der Waals surface area contributed by atoms with Gasteiger partial charge in [-0.1, -0.05) is 26.0 Å². The quantitative estimate of drug-likeness (QED) is 0.750. The van der Waals surface area contributed by atoms with E-state index in [1.54, 1.807) is 11.0 Å². The van der Waals surface area contributed by atoms with E-state index in [-0.39, 0.29) is 5.91 Å². The van der Waals surface area contributed by atoms with Crippen molar-refractivity contribution in [3.05, 3.63) is 47.5 Å². The number of benzene rings is 1. The van der Waals surface area contributed by atoms with Crippen LogP contribution in [0.3, 0.4) is 0 Å². The van der Waals surface area contributed by atoms with Crippen LogP contribution in [0.2, 0.25) is 0 Å². The molecular weight excluding hydrogens is 314 g/mol. The molecule has 25 heavy (non-hydrogen) atoms. The zero-order chi connectivity index (χ0) is 18.0. The first kappa shape index (κ1) is 17.2. The van der Waals surface area contributed by atoms with Gasteiger partial charge in [-0.15, -0.1) is 0 Å². The van der Waals surface area contributed by atoms with Crippen molar-refractivity contribution in [2.45, 2.75) is 47.1 Å². The summed E-state index contributed by atoms with van der Waals surface area (Å²) < 4.78 is 3.73. The van der Waals surface area contributed by atoms with E-state index in [0.29, 0.717) is 18.8 Å². The van der Waals surface area contributed by atoms with Gasteiger partial charge in [-0.3, -0.25) is 14.9 Å². The molecular formula is C19H25N5O. The number of imidazole rings is 1. The fourth-order valence-corrected chi connectivity index (χ4v) is 3.10. The average molecular weight is 339 g/mol. The second kappa shape index (κ2) is 7.09. The lowest BCUT2D eigenvalue weighted by atomic mass is 10.1. The van der Waals surface area contributed by atoms with Crippen LogP contribution in [0.5, 0.6) is 0 Å². The van der Waals surface area contributed by atoms with E-state index in [0.717, 1.165) is 29.0 Å². The molecule has 0 aliphatic heterocycles. The zero-order valence-electron chi connectivity index (χ0n) is 15.3. The van der Waals surface area contributed by atoms with Gasteiger partial charge in [-0.25, -0.2) is 9.66 Å². The van der Waals surface area contributed by atoms with E-state index < -0.39 is 0 Å². The minimum Gasteiger partial charge on any atom is -0.273 e. The molecule has 1 N–H and O–H groups in total. The summed E-state index contributed by atoms with van der Waals surface area (Å²) in [6, 6.07) is 7.73. The summed E-state index contributed by atoms with van der Waals surface area (Å²) in [5.74, 6) is 0.516. The maximum atomic E-state index is 12.3. The lowest BCUT2D eigenvalue weighted by Gasteiger charge is -2.09. The van der Waals surface area contributed by atoms with E-state index in [4.69, 9.17) is 0 Å². The molecule has 3 rings (SSSR count). The third-order valence-corrected chi connectivity index (χ3v) is 4.37. The highest BCUT2D eigenvalue weighted by molar-refractivity contribution is 5.86. The number of hydrogen-bond acceptors (Lipinski definition) is 3. The van der Waals surface area contributed by atoms with E-state index in [2.05, 4.69) is 41.0 Å². The summed E-state index contributed by atoms with van der Waals surface area (Å²) in [5, 5.41) is 4.61. The van der Waals surface area contributed by atoms with E-state index in [1.807, 2.05) is 31.2 Å². The maximum absolute atomic E-state index is 12.3. The van der Waals surface area contributed by atoms with Crippen LogP contribution in [0.4, 0.5) is 0 Å². The van der Waals surface area contributed by atoms with Crippen LogP contribution < -0.4 is 5.43 Å². The van der Waals surface area contributed by atoms with Crippen molar-refractivity contribution in [2.24, 2.45) is 5.92 Å². The van der Waals surface area contributed by atoms with Crippen molar-refractivity contribution in [3.8, 4) is 0 Å². The third kappa shape index (κ3) is 3.73. The minimum absolute atomic E-state index is 0.0291. The van der Waals surface area contributed by atoms with Crippen LogP contribution in [0, 0.1) is 19.8 Å². The number of nitrogens with zero attached hydrogens (tertiary/aromatic N) is 4. The molecule has 6 heteroatoms. The number of nitrogens with one attached hydrogen (secondary N) is 1. The lowest BCUT2D eigenvalue weighted by molar-refractivity contribution is -0.117. The smallest absolute Gasteiger partial charge is 0.239 e. The highest BCUT2D eigenvalue weighted by Crippen LogP contribution is 2.17. The molecule has 1 aromatic carbocycles. The summed E-state index contributed by atoms with van der Waals surface area (Å²) >= 11 is 0. The number of hydrogen-bond donors (Lipinski definition) is 1. The van der Waals surface area contributed by atoms with Crippen molar-refractivity contribution in [1.82, 2.24) is 19.4 Å². The number of carbonyl (C=O) groups excluding carboxylic acids is 1. The Kier molecular flexibility index (Phi) is 4.88. The first-order valence-corrected chi connectivity index (χ1v) is 8.70. The molecule has 2 aromatic heterocycles. The number of aromatic nitrogens is 4. The lowest BCUT2D eigenvalue weighted by Crippen LogP contribution is -2.22. The summed E-state index contributed by atoms with van der Waals surface area (Å²) in [6.07, 6.45) is 2.75. The Balaban J connectivity index is 1.66. The Bertz CT molecular complexity index is 890. The number of para-hydroxylation sites is 2. The summed E-state index contributed by atoms with van der Waals surface area (Å²) in [5.41, 5.74) is 8.01. The Morgan fingerprint density at radius 3 is 2.76 bits per heavy atom. The summed E-state index contributed by atoms with van der Waals surface area (Å²) in [4.78, 5) is 16.6. The first-order chi connectivity index (χ1) is 12.0. The average Bonchev–Trinajstić information content (AvgIpc) is 3.07. The van der Waals surface area contributed by atoms with Gasteiger partial charge in [0.2, 0.25) is 5.91 Å². The molecule has 0 saturated carbocycles. The van der Waals surface area contributed by atoms with Gasteiger partial charge in [0.1, 0.15) is 6.33 Å². The SMILES string of the molecule is Cc1nn(CC(C)C)c(C)c1CCC(=O)Nn1cnc2ccccc21. The molecule has 0 aliphatic carbocycles. The molecule has 6 nitrogen and oxygen atoms in total. The molecule has 132 valence electrons. The van der Waals surface area contributed by atoms with Crippen LogP contribution in [-0.4, -0.2) is 25.3 Å². The van der Waals surface area contributed by atoms with Crippen LogP contribution >= 0.6 is 0 Å². The van der Waals surface area contributed by atoms with Crippen LogP contribution in [0.15, 0.2) is 30.6 Å². The molecule has 3 aromatic rings. The molecule has 0 aliphatic rings. The Hall–Kier alpha value is -2.63. The molecule has 0 unspecified atom stereocenters. The highest BCUT2D eigenvalue weighted by atomic mass is 16.2. The van der Waals surface area contributed by atoms with Gasteiger partial charge in [0, 0.05) is 18.7 Å². The molecule has 0 atom stereocenters. The number of carbonyl (C=O) groups is 1. The van der Waals surface area contributed by atoms with Crippen molar-refractivity contribution < 1.29 is 4.79 Å². The van der Waals surface area contributed by atoms with Crippen molar-refractivity contribution >= 4 is 16.9 Å². The summed E-state index contributed by atoms with van der Waals surface area (Å²) in [6.45, 7) is 9.36. The molecule has 0 saturated heterocycles. The van der Waals surface area contributed by atoms with Gasteiger partial charge >= 0.3 is 0 Å². The normalized spacial score (nSPS) is 11.4. The van der Waals surface area contributed by atoms with E-state index >= 15 is 0 Å². The highest BCUT2D eigenvalue weighted by Gasteiger charge is 2.14. The van der Waals surface area contributed by atoms with Gasteiger partial charge < -0.3 is 0 Å². The molecule has 2 heterocycles. The molecule has 0 bridgehead atoms. The largest absolute Gasteiger partial charge is 0.273 e. The van der Waals surface area contributed by atoms with Gasteiger partial charge in [-0.2, -0.15) is 5.10 Å². The molecule has 0 radical (unpaired) electrons. The monoisotopic (exact) mass is 339 g/mol. The van der Waals surface area contributed by atoms with Gasteiger partial charge in [0.05, 0.1) is 16.7 Å². The molecule has 0 spiro atoms. The fourth-order valence-electron chi connectivity index (χ4n) is 3.10. The Morgan fingerprint density at radius 2 is 2.00 bits per heavy atom. The van der Waals surface area contributed by atoms with Gasteiger partial charge in [0.25, 0.3) is 0 Å². The number of aryl methyl sites for hydroxylation is 1. The second-order valence-corrected chi connectivity index (χ2v) is 6.86. The Morgan fingerprint density at radius 1 is 1.24 bits per heavy atom. The summed E-state index contributed by atoms with van der Waals surface area (Å²) in [7, 11) is 0. The Labute approximate surface area is 147 Å². The standard InChI is InChI=1S/C19H25N5O/c1-13(2)11-23-15(4)16(14(3)21-23)9-10-19(25)22-24-12-20-17-7-5-6-8-18(17)24/h5-8,12-13H,9-11H2,1-4H3,(H,22,25). The van der Waals surface area contributed by atoms with Crippen LogP contribution in [-0.2, 0) is 17.8 Å². The predicted molar refractivity (Wildman–Crippen MR) is 99.0 cm³/mol. The topological polar surface area (TPSA) is 64.7 Å².